The topological polar surface area (TPSA) is 33.1 Å². The van der Waals surface area contributed by atoms with Crippen molar-refractivity contribution in [3.8, 4) is 5.69 Å². The lowest BCUT2D eigenvalue weighted by Crippen LogP contribution is -2.41. The van der Waals surface area contributed by atoms with Gasteiger partial charge in [-0.15, -0.1) is 12.4 Å². The molecule has 0 unspecified atom stereocenters. The van der Waals surface area contributed by atoms with Crippen molar-refractivity contribution in [2.24, 2.45) is 0 Å². The van der Waals surface area contributed by atoms with Crippen molar-refractivity contribution in [1.82, 2.24) is 19.8 Å². The number of benzene rings is 1. The predicted molar refractivity (Wildman–Crippen MR) is 88.2 cm³/mol. The van der Waals surface area contributed by atoms with Gasteiger partial charge in [0.15, 0.2) is 0 Å². The first-order valence-corrected chi connectivity index (χ1v) is 7.34. The molecule has 0 saturated carbocycles. The van der Waals surface area contributed by atoms with Crippen LogP contribution in [0.1, 0.15) is 18.7 Å². The Labute approximate surface area is 132 Å². The van der Waals surface area contributed by atoms with E-state index in [-0.39, 0.29) is 12.4 Å². The highest BCUT2D eigenvalue weighted by Crippen LogP contribution is 2.15. The normalized spacial score (nSPS) is 16.6. The lowest BCUT2D eigenvalue weighted by Gasteiger charge is -2.31. The third-order valence-electron chi connectivity index (χ3n) is 4.11. The van der Waals surface area contributed by atoms with Crippen LogP contribution in [0.2, 0.25) is 0 Å². The Hall–Kier alpha value is -1.36. The van der Waals surface area contributed by atoms with E-state index in [1.54, 1.807) is 0 Å². The zero-order valence-corrected chi connectivity index (χ0v) is 13.2. The zero-order valence-electron chi connectivity index (χ0n) is 12.4. The number of para-hydroxylation sites is 1. The highest BCUT2D eigenvalue weighted by Gasteiger charge is 2.19. The molecule has 1 aromatic carbocycles. The minimum Gasteiger partial charge on any atom is -0.317 e. The van der Waals surface area contributed by atoms with E-state index < -0.39 is 0 Å². The van der Waals surface area contributed by atoms with Gasteiger partial charge in [0, 0.05) is 37.2 Å². The lowest BCUT2D eigenvalue weighted by molar-refractivity contribution is 0.190. The molecule has 1 N–H and O–H groups in total. The SMILES string of the molecule is CNC1CCN(Cc2nccn2-c2ccccc2)CC1.Cl. The van der Waals surface area contributed by atoms with E-state index in [0.717, 1.165) is 25.5 Å². The number of nitrogens with one attached hydrogen (secondary N) is 1. The van der Waals surface area contributed by atoms with Crippen LogP contribution in [0.15, 0.2) is 42.7 Å². The van der Waals surface area contributed by atoms with Gasteiger partial charge >= 0.3 is 0 Å². The fourth-order valence-corrected chi connectivity index (χ4v) is 2.85. The molecular formula is C16H23ClN4. The average molecular weight is 307 g/mol. The average Bonchev–Trinajstić information content (AvgIpc) is 2.97. The number of imidazole rings is 1. The third-order valence-corrected chi connectivity index (χ3v) is 4.11. The second kappa shape index (κ2) is 7.59. The highest BCUT2D eigenvalue weighted by molar-refractivity contribution is 5.85. The quantitative estimate of drug-likeness (QED) is 0.942. The summed E-state index contributed by atoms with van der Waals surface area (Å²) in [5.74, 6) is 1.12. The lowest BCUT2D eigenvalue weighted by atomic mass is 10.1. The zero-order chi connectivity index (χ0) is 13.8. The fraction of sp³-hybridized carbons (Fsp3) is 0.438. The van der Waals surface area contributed by atoms with Crippen molar-refractivity contribution in [2.45, 2.75) is 25.4 Å². The number of piperidine rings is 1. The fourth-order valence-electron chi connectivity index (χ4n) is 2.85. The second-order valence-corrected chi connectivity index (χ2v) is 5.39. The Balaban J connectivity index is 0.00000161. The maximum atomic E-state index is 4.53. The van der Waals surface area contributed by atoms with Crippen LogP contribution in [0.4, 0.5) is 0 Å². The summed E-state index contributed by atoms with van der Waals surface area (Å²) >= 11 is 0. The van der Waals surface area contributed by atoms with Gasteiger partial charge in [-0.1, -0.05) is 18.2 Å². The molecule has 0 bridgehead atoms. The Morgan fingerprint density at radius 1 is 1.19 bits per heavy atom. The molecule has 1 saturated heterocycles. The van der Waals surface area contributed by atoms with Crippen LogP contribution >= 0.6 is 12.4 Å². The molecule has 3 rings (SSSR count). The Morgan fingerprint density at radius 3 is 2.57 bits per heavy atom. The van der Waals surface area contributed by atoms with Gasteiger partial charge in [0.1, 0.15) is 5.82 Å². The first kappa shape index (κ1) is 16.0. The van der Waals surface area contributed by atoms with E-state index in [1.165, 1.54) is 18.5 Å². The maximum Gasteiger partial charge on any atom is 0.127 e. The van der Waals surface area contributed by atoms with Gasteiger partial charge in [-0.2, -0.15) is 0 Å². The molecule has 1 fully saturated rings. The van der Waals surface area contributed by atoms with E-state index in [9.17, 15) is 0 Å². The minimum atomic E-state index is 0. The standard InChI is InChI=1S/C16H22N4.ClH/c1-17-14-7-10-19(11-8-14)13-16-18-9-12-20(16)15-5-3-2-4-6-15;/h2-6,9,12,14,17H,7-8,10-11,13H2,1H3;1H. The molecule has 2 heterocycles. The van der Waals surface area contributed by atoms with Crippen LogP contribution in [0, 0.1) is 0 Å². The number of hydrogen-bond acceptors (Lipinski definition) is 3. The molecule has 0 radical (unpaired) electrons. The molecule has 0 aliphatic carbocycles. The Bertz CT molecular complexity index is 532. The van der Waals surface area contributed by atoms with E-state index in [0.29, 0.717) is 6.04 Å². The van der Waals surface area contributed by atoms with Crippen molar-refractivity contribution >= 4 is 12.4 Å². The number of halogens is 1. The molecule has 2 aromatic rings. The van der Waals surface area contributed by atoms with Crippen molar-refractivity contribution in [1.29, 1.82) is 0 Å². The van der Waals surface area contributed by atoms with Crippen LogP contribution in [0.5, 0.6) is 0 Å². The second-order valence-electron chi connectivity index (χ2n) is 5.39. The summed E-state index contributed by atoms with van der Waals surface area (Å²) < 4.78 is 2.18. The molecule has 114 valence electrons. The number of hydrogen-bond donors (Lipinski definition) is 1. The van der Waals surface area contributed by atoms with Crippen LogP contribution < -0.4 is 5.32 Å². The van der Waals surface area contributed by atoms with Gasteiger partial charge in [0.25, 0.3) is 0 Å². The molecule has 1 aliphatic heterocycles. The highest BCUT2D eigenvalue weighted by atomic mass is 35.5. The van der Waals surface area contributed by atoms with Gasteiger partial charge in [-0.25, -0.2) is 4.98 Å². The molecule has 1 aromatic heterocycles. The number of aromatic nitrogens is 2. The summed E-state index contributed by atoms with van der Waals surface area (Å²) in [6, 6.07) is 11.1. The third kappa shape index (κ3) is 3.84. The smallest absolute Gasteiger partial charge is 0.127 e. The Morgan fingerprint density at radius 2 is 1.90 bits per heavy atom. The number of likely N-dealkylation sites (tertiary alicyclic amines) is 1. The van der Waals surface area contributed by atoms with Crippen molar-refractivity contribution in [3.05, 3.63) is 48.5 Å². The van der Waals surface area contributed by atoms with Crippen molar-refractivity contribution < 1.29 is 0 Å². The Kier molecular flexibility index (Phi) is 5.79. The first-order valence-electron chi connectivity index (χ1n) is 7.34. The van der Waals surface area contributed by atoms with Gasteiger partial charge < -0.3 is 9.88 Å². The summed E-state index contributed by atoms with van der Waals surface area (Å²) in [6.07, 6.45) is 6.39. The molecule has 5 heteroatoms. The van der Waals surface area contributed by atoms with E-state index in [1.807, 2.05) is 18.5 Å². The molecule has 4 nitrogen and oxygen atoms in total. The first-order chi connectivity index (χ1) is 9.86. The van der Waals surface area contributed by atoms with Crippen molar-refractivity contribution in [2.75, 3.05) is 20.1 Å². The summed E-state index contributed by atoms with van der Waals surface area (Å²) in [5.41, 5.74) is 1.19. The van der Waals surface area contributed by atoms with Gasteiger partial charge in [0.2, 0.25) is 0 Å². The predicted octanol–water partition coefficient (Wildman–Crippen LogP) is 2.48. The van der Waals surface area contributed by atoms with Crippen LogP contribution in [-0.2, 0) is 6.54 Å². The number of rotatable bonds is 4. The molecule has 0 atom stereocenters. The van der Waals surface area contributed by atoms with Gasteiger partial charge in [-0.05, 0) is 32.0 Å². The maximum absolute atomic E-state index is 4.53. The molecule has 1 aliphatic rings. The largest absolute Gasteiger partial charge is 0.317 e. The minimum absolute atomic E-state index is 0. The van der Waals surface area contributed by atoms with Gasteiger partial charge in [0.05, 0.1) is 6.54 Å². The molecule has 0 spiro atoms. The van der Waals surface area contributed by atoms with Crippen LogP contribution in [-0.4, -0.2) is 40.6 Å². The van der Waals surface area contributed by atoms with Crippen molar-refractivity contribution in [3.63, 3.8) is 0 Å². The molecular weight excluding hydrogens is 284 g/mol. The summed E-state index contributed by atoms with van der Waals surface area (Å²) in [6.45, 7) is 3.22. The molecule has 0 amide bonds. The molecule has 21 heavy (non-hydrogen) atoms. The number of nitrogens with zero attached hydrogens (tertiary/aromatic N) is 3. The van der Waals surface area contributed by atoms with Gasteiger partial charge in [-0.3, -0.25) is 4.90 Å². The van der Waals surface area contributed by atoms with Crippen LogP contribution in [0.3, 0.4) is 0 Å². The van der Waals surface area contributed by atoms with E-state index in [4.69, 9.17) is 0 Å². The van der Waals surface area contributed by atoms with E-state index in [2.05, 4.69) is 51.1 Å². The van der Waals surface area contributed by atoms with E-state index >= 15 is 0 Å². The summed E-state index contributed by atoms with van der Waals surface area (Å²) in [4.78, 5) is 7.03. The van der Waals surface area contributed by atoms with Crippen LogP contribution in [0.25, 0.3) is 5.69 Å². The summed E-state index contributed by atoms with van der Waals surface area (Å²) in [7, 11) is 2.06. The monoisotopic (exact) mass is 306 g/mol. The summed E-state index contributed by atoms with van der Waals surface area (Å²) in [5, 5.41) is 3.37.